The van der Waals surface area contributed by atoms with Gasteiger partial charge in [0.25, 0.3) is 0 Å². The summed E-state index contributed by atoms with van der Waals surface area (Å²) in [4.78, 5) is 82.8. The Morgan fingerprint density at radius 3 is 2.22 bits per heavy atom. The normalized spacial score (nSPS) is 13.4. The van der Waals surface area contributed by atoms with Gasteiger partial charge in [-0.25, -0.2) is 19.6 Å². The Balaban J connectivity index is 1.53. The lowest BCUT2D eigenvalue weighted by molar-refractivity contribution is -0.142. The molecule has 5 amide bonds. The SMILES string of the molecule is NC(=O)N[C@@H](Cc1cnc[nH]1)C(=O)NC(Cc1cscn1)C(=O)N[C@@H](CCCN=C(N)N)C(=O)N[C@@H](Cc1c[nH]c2ccccc12)C(=O)O. The molecule has 1 unspecified atom stereocenters. The largest absolute Gasteiger partial charge is 0.480 e. The molecule has 4 rings (SSSR count). The molecule has 13 N–H and O–H groups in total. The molecular weight excluding hydrogens is 656 g/mol. The van der Waals surface area contributed by atoms with Crippen molar-refractivity contribution in [2.75, 3.05) is 6.54 Å². The number of carboxylic acids is 1. The van der Waals surface area contributed by atoms with E-state index in [9.17, 15) is 29.1 Å². The molecule has 3 aromatic heterocycles. The van der Waals surface area contributed by atoms with Crippen LogP contribution in [0.2, 0.25) is 0 Å². The molecule has 0 fully saturated rings. The molecule has 19 heteroatoms. The maximum atomic E-state index is 13.8. The molecule has 0 aliphatic rings. The number of para-hydroxylation sites is 1. The van der Waals surface area contributed by atoms with Gasteiger partial charge in [-0.15, -0.1) is 11.3 Å². The Morgan fingerprint density at radius 1 is 0.878 bits per heavy atom. The fourth-order valence-corrected chi connectivity index (χ4v) is 5.64. The van der Waals surface area contributed by atoms with E-state index in [0.29, 0.717) is 17.0 Å². The number of nitrogens with zero attached hydrogens (tertiary/aromatic N) is 3. The lowest BCUT2D eigenvalue weighted by Crippen LogP contribution is -2.59. The number of carbonyl (C=O) groups excluding carboxylic acids is 4. The first kappa shape index (κ1) is 35.9. The van der Waals surface area contributed by atoms with E-state index in [2.05, 4.69) is 46.2 Å². The second kappa shape index (κ2) is 17.3. The van der Waals surface area contributed by atoms with Crippen molar-refractivity contribution in [3.63, 3.8) is 0 Å². The van der Waals surface area contributed by atoms with Gasteiger partial charge in [0.1, 0.15) is 24.2 Å². The number of fused-ring (bicyclic) bond motifs is 1. The number of thiazole rings is 1. The van der Waals surface area contributed by atoms with E-state index in [1.165, 1.54) is 23.9 Å². The predicted octanol–water partition coefficient (Wildman–Crippen LogP) is -0.995. The molecule has 0 saturated heterocycles. The number of aromatic amines is 2. The molecular formula is C30H38N12O6S. The Labute approximate surface area is 283 Å². The van der Waals surface area contributed by atoms with Crippen LogP contribution in [0.5, 0.6) is 0 Å². The van der Waals surface area contributed by atoms with Gasteiger partial charge in [-0.2, -0.15) is 0 Å². The molecule has 3 heterocycles. The van der Waals surface area contributed by atoms with Crippen LogP contribution in [-0.4, -0.2) is 91.4 Å². The number of hydrogen-bond donors (Lipinski definition) is 10. The van der Waals surface area contributed by atoms with Crippen LogP contribution in [-0.2, 0) is 38.4 Å². The smallest absolute Gasteiger partial charge is 0.326 e. The fraction of sp³-hybridized carbons (Fsp3) is 0.333. The quantitative estimate of drug-likeness (QED) is 0.0344. The van der Waals surface area contributed by atoms with Gasteiger partial charge in [0.2, 0.25) is 17.7 Å². The molecule has 49 heavy (non-hydrogen) atoms. The summed E-state index contributed by atoms with van der Waals surface area (Å²) in [5.74, 6) is -3.69. The number of carboxylic acid groups (broad SMARTS) is 1. The third kappa shape index (κ3) is 10.8. The van der Waals surface area contributed by atoms with Gasteiger partial charge in [0.15, 0.2) is 5.96 Å². The summed E-state index contributed by atoms with van der Waals surface area (Å²) in [5.41, 5.74) is 20.2. The standard InChI is InChI=1S/C30H38N12O6S/c31-29(32)35-7-3-6-21(25(43)41-24(28(46)47)8-16-11-36-20-5-2-1-4-19(16)20)39-26(44)22(10-18-13-49-15-38-18)40-27(45)23(42-30(33)48)9-17-12-34-14-37-17/h1-2,4-5,11-15,21-24,36H,3,6-10H2,(H,34,37)(H,39,44)(H,40,45)(H,41,43)(H,46,47)(H4,31,32,35)(H3,33,42,48)/t21-,22?,23-,24-/m0/s1. The molecule has 0 bridgehead atoms. The van der Waals surface area contributed by atoms with Crippen molar-refractivity contribution >= 4 is 57.9 Å². The monoisotopic (exact) mass is 694 g/mol. The van der Waals surface area contributed by atoms with Crippen molar-refractivity contribution in [2.45, 2.75) is 56.3 Å². The van der Waals surface area contributed by atoms with Gasteiger partial charge in [0, 0.05) is 60.2 Å². The number of aromatic nitrogens is 4. The van der Waals surface area contributed by atoms with Gasteiger partial charge in [-0.05, 0) is 24.5 Å². The average molecular weight is 695 g/mol. The van der Waals surface area contributed by atoms with E-state index in [0.717, 1.165) is 10.9 Å². The highest BCUT2D eigenvalue weighted by Crippen LogP contribution is 2.19. The predicted molar refractivity (Wildman–Crippen MR) is 180 cm³/mol. The molecule has 4 aromatic rings. The molecule has 260 valence electrons. The van der Waals surface area contributed by atoms with E-state index < -0.39 is 53.9 Å². The van der Waals surface area contributed by atoms with Gasteiger partial charge in [-0.1, -0.05) is 18.2 Å². The minimum atomic E-state index is -1.34. The van der Waals surface area contributed by atoms with Gasteiger partial charge >= 0.3 is 12.0 Å². The Bertz CT molecular complexity index is 1750. The number of aliphatic carboxylic acids is 1. The number of carbonyl (C=O) groups is 5. The maximum absolute atomic E-state index is 13.8. The zero-order valence-corrected chi connectivity index (χ0v) is 27.0. The number of nitrogens with one attached hydrogen (secondary N) is 6. The van der Waals surface area contributed by atoms with E-state index in [-0.39, 0.29) is 44.6 Å². The number of rotatable bonds is 18. The van der Waals surface area contributed by atoms with Crippen LogP contribution in [0.1, 0.15) is 29.8 Å². The summed E-state index contributed by atoms with van der Waals surface area (Å²) in [7, 11) is 0. The Morgan fingerprint density at radius 2 is 1.57 bits per heavy atom. The number of aliphatic imine (C=N–C) groups is 1. The van der Waals surface area contributed by atoms with Crippen LogP contribution in [0.15, 0.2) is 58.9 Å². The first-order chi connectivity index (χ1) is 23.5. The number of guanidine groups is 1. The molecule has 18 nitrogen and oxygen atoms in total. The number of nitrogens with two attached hydrogens (primary N) is 3. The Kier molecular flexibility index (Phi) is 12.6. The fourth-order valence-electron chi connectivity index (χ4n) is 5.06. The minimum Gasteiger partial charge on any atom is -0.480 e. The first-order valence-electron chi connectivity index (χ1n) is 15.1. The molecule has 0 aliphatic carbocycles. The van der Waals surface area contributed by atoms with Gasteiger partial charge < -0.3 is 53.5 Å². The van der Waals surface area contributed by atoms with E-state index in [4.69, 9.17) is 17.2 Å². The van der Waals surface area contributed by atoms with Gasteiger partial charge in [-0.3, -0.25) is 19.4 Å². The average Bonchev–Trinajstić information content (AvgIpc) is 3.84. The van der Waals surface area contributed by atoms with E-state index in [1.807, 2.05) is 24.3 Å². The lowest BCUT2D eigenvalue weighted by Gasteiger charge is -2.25. The minimum absolute atomic E-state index is 0.0113. The number of benzene rings is 1. The van der Waals surface area contributed by atoms with E-state index >= 15 is 0 Å². The van der Waals surface area contributed by atoms with Crippen LogP contribution in [0.3, 0.4) is 0 Å². The summed E-state index contributed by atoms with van der Waals surface area (Å²) >= 11 is 1.28. The van der Waals surface area contributed by atoms with E-state index in [1.54, 1.807) is 17.1 Å². The highest BCUT2D eigenvalue weighted by Gasteiger charge is 2.32. The number of imidazole rings is 1. The molecule has 0 aliphatic heterocycles. The van der Waals surface area contributed by atoms with Crippen LogP contribution >= 0.6 is 11.3 Å². The van der Waals surface area contributed by atoms with Gasteiger partial charge in [0.05, 0.1) is 17.5 Å². The van der Waals surface area contributed by atoms with Crippen molar-refractivity contribution < 1.29 is 29.1 Å². The summed E-state index contributed by atoms with van der Waals surface area (Å²) in [6, 6.07) is 1.36. The van der Waals surface area contributed by atoms with Crippen LogP contribution in [0.4, 0.5) is 4.79 Å². The third-order valence-corrected chi connectivity index (χ3v) is 8.07. The summed E-state index contributed by atoms with van der Waals surface area (Å²) < 4.78 is 0. The van der Waals surface area contributed by atoms with Crippen LogP contribution in [0, 0.1) is 0 Å². The van der Waals surface area contributed by atoms with Crippen molar-refractivity contribution in [2.24, 2.45) is 22.2 Å². The number of H-pyrrole nitrogens is 2. The highest BCUT2D eigenvalue weighted by atomic mass is 32.1. The van der Waals surface area contributed by atoms with Crippen LogP contribution in [0.25, 0.3) is 10.9 Å². The zero-order chi connectivity index (χ0) is 35.3. The van der Waals surface area contributed by atoms with Crippen molar-refractivity contribution in [1.82, 2.24) is 41.2 Å². The second-order valence-corrected chi connectivity index (χ2v) is 11.8. The molecule has 4 atom stereocenters. The zero-order valence-electron chi connectivity index (χ0n) is 26.2. The van der Waals surface area contributed by atoms with Crippen molar-refractivity contribution in [3.05, 3.63) is 70.8 Å². The van der Waals surface area contributed by atoms with Crippen LogP contribution < -0.4 is 38.5 Å². The highest BCUT2D eigenvalue weighted by molar-refractivity contribution is 7.07. The third-order valence-electron chi connectivity index (χ3n) is 7.43. The number of primary amides is 1. The first-order valence-corrected chi connectivity index (χ1v) is 16.1. The summed E-state index contributed by atoms with van der Waals surface area (Å²) in [6.45, 7) is 0.132. The topological polar surface area (TPSA) is 301 Å². The molecule has 1 aromatic carbocycles. The molecule has 0 radical (unpaired) electrons. The second-order valence-electron chi connectivity index (χ2n) is 11.1. The summed E-state index contributed by atoms with van der Waals surface area (Å²) in [6.07, 6.45) is 4.72. The summed E-state index contributed by atoms with van der Waals surface area (Å²) in [5, 5.41) is 22.7. The van der Waals surface area contributed by atoms with Crippen molar-refractivity contribution in [1.29, 1.82) is 0 Å². The van der Waals surface area contributed by atoms with Crippen molar-refractivity contribution in [3.8, 4) is 0 Å². The number of hydrogen-bond acceptors (Lipinski definition) is 9. The number of urea groups is 1. The molecule has 0 spiro atoms. The Hall–Kier alpha value is -5.98. The molecule has 0 saturated carbocycles. The number of amides is 5. The maximum Gasteiger partial charge on any atom is 0.326 e. The lowest BCUT2D eigenvalue weighted by atomic mass is 10.0.